The fourth-order valence-electron chi connectivity index (χ4n) is 3.88. The van der Waals surface area contributed by atoms with Crippen LogP contribution < -0.4 is 0 Å². The maximum Gasteiger partial charge on any atom is 0.269 e. The zero-order chi connectivity index (χ0) is 20.1. The van der Waals surface area contributed by atoms with Gasteiger partial charge in [0.15, 0.2) is 0 Å². The molecule has 0 saturated carbocycles. The van der Waals surface area contributed by atoms with Crippen LogP contribution in [-0.4, -0.2) is 58.0 Å². The second-order valence-corrected chi connectivity index (χ2v) is 8.91. The van der Waals surface area contributed by atoms with Gasteiger partial charge in [0.05, 0.1) is 10.2 Å². The number of thioether (sulfide) groups is 1. The van der Waals surface area contributed by atoms with Crippen LogP contribution in [0.5, 0.6) is 0 Å². The van der Waals surface area contributed by atoms with Gasteiger partial charge in [0.2, 0.25) is 11.8 Å². The van der Waals surface area contributed by atoms with E-state index in [0.29, 0.717) is 13.1 Å². The van der Waals surface area contributed by atoms with E-state index >= 15 is 0 Å². The molecule has 7 nitrogen and oxygen atoms in total. The van der Waals surface area contributed by atoms with Crippen LogP contribution in [0.2, 0.25) is 0 Å². The molecule has 1 unspecified atom stereocenters. The highest BCUT2D eigenvalue weighted by molar-refractivity contribution is 8.00. The Morgan fingerprint density at radius 3 is 2.21 bits per heavy atom. The van der Waals surface area contributed by atoms with Crippen molar-refractivity contribution in [2.24, 2.45) is 5.92 Å². The molecule has 152 valence electrons. The van der Waals surface area contributed by atoms with Crippen LogP contribution >= 0.6 is 11.8 Å². The number of nitro groups is 1. The van der Waals surface area contributed by atoms with Crippen LogP contribution in [-0.2, 0) is 9.59 Å². The van der Waals surface area contributed by atoms with E-state index in [1.54, 1.807) is 12.1 Å². The Morgan fingerprint density at radius 1 is 1.04 bits per heavy atom. The molecule has 2 amide bonds. The highest BCUT2D eigenvalue weighted by Gasteiger charge is 2.32. The average Bonchev–Trinajstić information content (AvgIpc) is 2.73. The summed E-state index contributed by atoms with van der Waals surface area (Å²) in [5.41, 5.74) is 0.0452. The number of non-ortho nitro benzene ring substituents is 1. The standard InChI is InChI=1S/C20H27N3O4S/c1-15(28-18-7-5-17(6-8-18)23(26)27)19(24)22-13-9-16(10-14-22)20(25)21-11-3-2-4-12-21/h5-8,15-16H,2-4,9-14H2,1H3. The zero-order valence-corrected chi connectivity index (χ0v) is 17.0. The fourth-order valence-corrected chi connectivity index (χ4v) is 4.83. The molecule has 1 atom stereocenters. The van der Waals surface area contributed by atoms with Gasteiger partial charge in [-0.25, -0.2) is 0 Å². The number of carbonyl (C=O) groups is 2. The van der Waals surface area contributed by atoms with Crippen molar-refractivity contribution in [3.05, 3.63) is 34.4 Å². The molecule has 2 fully saturated rings. The minimum Gasteiger partial charge on any atom is -0.342 e. The normalized spacial score (nSPS) is 19.3. The predicted molar refractivity (Wildman–Crippen MR) is 108 cm³/mol. The first kappa shape index (κ1) is 20.6. The van der Waals surface area contributed by atoms with Gasteiger partial charge in [-0.05, 0) is 51.2 Å². The van der Waals surface area contributed by atoms with E-state index in [1.165, 1.54) is 30.3 Å². The quantitative estimate of drug-likeness (QED) is 0.426. The largest absolute Gasteiger partial charge is 0.342 e. The first-order valence-corrected chi connectivity index (χ1v) is 10.8. The summed E-state index contributed by atoms with van der Waals surface area (Å²) in [6, 6.07) is 6.26. The number of likely N-dealkylation sites (tertiary alicyclic amines) is 2. The van der Waals surface area contributed by atoms with Crippen molar-refractivity contribution in [2.45, 2.75) is 49.2 Å². The molecule has 1 aromatic carbocycles. The Morgan fingerprint density at radius 2 is 1.64 bits per heavy atom. The lowest BCUT2D eigenvalue weighted by molar-refractivity contribution is -0.384. The Kier molecular flexibility index (Phi) is 6.93. The Labute approximate surface area is 169 Å². The topological polar surface area (TPSA) is 83.8 Å². The highest BCUT2D eigenvalue weighted by atomic mass is 32.2. The number of benzene rings is 1. The first-order valence-electron chi connectivity index (χ1n) is 9.94. The molecular weight excluding hydrogens is 378 g/mol. The number of hydrogen-bond donors (Lipinski definition) is 0. The number of nitro benzene ring substituents is 1. The maximum atomic E-state index is 12.8. The number of piperidine rings is 2. The molecule has 2 heterocycles. The third-order valence-corrected chi connectivity index (χ3v) is 6.63. The minimum absolute atomic E-state index is 0.0415. The van der Waals surface area contributed by atoms with Crippen molar-refractivity contribution < 1.29 is 14.5 Å². The van der Waals surface area contributed by atoms with Gasteiger partial charge in [-0.2, -0.15) is 0 Å². The van der Waals surface area contributed by atoms with Gasteiger partial charge < -0.3 is 9.80 Å². The lowest BCUT2D eigenvalue weighted by atomic mass is 9.94. The molecule has 2 aliphatic rings. The molecular formula is C20H27N3O4S. The van der Waals surface area contributed by atoms with Crippen molar-refractivity contribution in [2.75, 3.05) is 26.2 Å². The van der Waals surface area contributed by atoms with E-state index in [9.17, 15) is 19.7 Å². The number of carbonyl (C=O) groups excluding carboxylic acids is 2. The number of amides is 2. The van der Waals surface area contributed by atoms with Crippen LogP contribution in [0, 0.1) is 16.0 Å². The third kappa shape index (κ3) is 5.04. The van der Waals surface area contributed by atoms with Crippen molar-refractivity contribution in [1.82, 2.24) is 9.80 Å². The second kappa shape index (κ2) is 9.41. The third-order valence-electron chi connectivity index (χ3n) is 5.53. The molecule has 0 aromatic heterocycles. The number of rotatable bonds is 5. The Hall–Kier alpha value is -2.09. The molecule has 2 aliphatic heterocycles. The molecule has 0 spiro atoms. The summed E-state index contributed by atoms with van der Waals surface area (Å²) in [7, 11) is 0. The smallest absolute Gasteiger partial charge is 0.269 e. The zero-order valence-electron chi connectivity index (χ0n) is 16.2. The Bertz CT molecular complexity index is 711. The van der Waals surface area contributed by atoms with Crippen molar-refractivity contribution in [3.8, 4) is 0 Å². The fraction of sp³-hybridized carbons (Fsp3) is 0.600. The summed E-state index contributed by atoms with van der Waals surface area (Å²) in [6.07, 6.45) is 4.87. The van der Waals surface area contributed by atoms with Gasteiger partial charge in [-0.15, -0.1) is 11.8 Å². The van der Waals surface area contributed by atoms with Gasteiger partial charge in [0.25, 0.3) is 5.69 Å². The minimum atomic E-state index is -0.432. The van der Waals surface area contributed by atoms with Crippen molar-refractivity contribution in [3.63, 3.8) is 0 Å². The van der Waals surface area contributed by atoms with E-state index in [4.69, 9.17) is 0 Å². The molecule has 0 N–H and O–H groups in total. The summed E-state index contributed by atoms with van der Waals surface area (Å²) >= 11 is 1.41. The molecule has 0 bridgehead atoms. The maximum absolute atomic E-state index is 12.8. The van der Waals surface area contributed by atoms with Gasteiger partial charge in [0, 0.05) is 49.1 Å². The van der Waals surface area contributed by atoms with Crippen molar-refractivity contribution >= 4 is 29.3 Å². The van der Waals surface area contributed by atoms with Gasteiger partial charge in [0.1, 0.15) is 0 Å². The second-order valence-electron chi connectivity index (χ2n) is 7.50. The van der Waals surface area contributed by atoms with Gasteiger partial charge in [-0.3, -0.25) is 19.7 Å². The number of nitrogens with zero attached hydrogens (tertiary/aromatic N) is 3. The Balaban J connectivity index is 1.48. The summed E-state index contributed by atoms with van der Waals surface area (Å²) in [5, 5.41) is 10.5. The lowest BCUT2D eigenvalue weighted by Gasteiger charge is -2.36. The SMILES string of the molecule is CC(Sc1ccc([N+](=O)[O-])cc1)C(=O)N1CCC(C(=O)N2CCCCC2)CC1. The molecule has 2 saturated heterocycles. The summed E-state index contributed by atoms with van der Waals surface area (Å²) in [4.78, 5) is 40.4. The molecule has 28 heavy (non-hydrogen) atoms. The summed E-state index contributed by atoms with van der Waals surface area (Å²) < 4.78 is 0. The van der Waals surface area contributed by atoms with E-state index in [2.05, 4.69) is 0 Å². The predicted octanol–water partition coefficient (Wildman–Crippen LogP) is 3.33. The van der Waals surface area contributed by atoms with E-state index in [0.717, 1.165) is 43.7 Å². The molecule has 3 rings (SSSR count). The average molecular weight is 406 g/mol. The monoisotopic (exact) mass is 405 g/mol. The van der Waals surface area contributed by atoms with Crippen LogP contribution in [0.4, 0.5) is 5.69 Å². The molecule has 0 aliphatic carbocycles. The van der Waals surface area contributed by atoms with E-state index < -0.39 is 4.92 Å². The van der Waals surface area contributed by atoms with Crippen LogP contribution in [0.3, 0.4) is 0 Å². The molecule has 8 heteroatoms. The summed E-state index contributed by atoms with van der Waals surface area (Å²) in [6.45, 7) is 4.85. The summed E-state index contributed by atoms with van der Waals surface area (Å²) in [5.74, 6) is 0.368. The first-order chi connectivity index (χ1) is 13.5. The van der Waals surface area contributed by atoms with Crippen LogP contribution in [0.1, 0.15) is 39.0 Å². The van der Waals surface area contributed by atoms with E-state index in [-0.39, 0.29) is 28.7 Å². The van der Waals surface area contributed by atoms with Crippen LogP contribution in [0.15, 0.2) is 29.2 Å². The molecule has 1 aromatic rings. The number of hydrogen-bond acceptors (Lipinski definition) is 5. The lowest BCUT2D eigenvalue weighted by Crippen LogP contribution is -2.47. The highest BCUT2D eigenvalue weighted by Crippen LogP contribution is 2.28. The van der Waals surface area contributed by atoms with Gasteiger partial charge in [-0.1, -0.05) is 0 Å². The van der Waals surface area contributed by atoms with E-state index in [1.807, 2.05) is 16.7 Å². The van der Waals surface area contributed by atoms with Crippen LogP contribution in [0.25, 0.3) is 0 Å². The molecule has 0 radical (unpaired) electrons. The van der Waals surface area contributed by atoms with Crippen molar-refractivity contribution in [1.29, 1.82) is 0 Å². The van der Waals surface area contributed by atoms with Gasteiger partial charge >= 0.3 is 0 Å².